The summed E-state index contributed by atoms with van der Waals surface area (Å²) >= 11 is 0. The van der Waals surface area contributed by atoms with Gasteiger partial charge in [-0.05, 0) is 24.8 Å². The molecule has 1 fully saturated rings. The Balaban J connectivity index is 1.83. The quantitative estimate of drug-likeness (QED) is 0.756. The first-order valence-corrected chi connectivity index (χ1v) is 9.29. The van der Waals surface area contributed by atoms with E-state index >= 15 is 0 Å². The molecule has 25 heavy (non-hydrogen) atoms. The number of rotatable bonds is 8. The zero-order valence-electron chi connectivity index (χ0n) is 15.8. The minimum Gasteiger partial charge on any atom is -0.375 e. The molecule has 5 nitrogen and oxygen atoms in total. The molecular weight excluding hydrogens is 314 g/mol. The second-order valence-corrected chi connectivity index (χ2v) is 7.83. The van der Waals surface area contributed by atoms with Gasteiger partial charge in [0, 0.05) is 31.7 Å². The second kappa shape index (κ2) is 9.32. The molecule has 2 atom stereocenters. The summed E-state index contributed by atoms with van der Waals surface area (Å²) in [6.07, 6.45) is 1.21. The van der Waals surface area contributed by atoms with Gasteiger partial charge in [0.15, 0.2) is 0 Å². The molecule has 140 valence electrons. The molecule has 0 spiro atoms. The number of morpholine rings is 1. The van der Waals surface area contributed by atoms with Crippen LogP contribution in [0.15, 0.2) is 30.3 Å². The van der Waals surface area contributed by atoms with Gasteiger partial charge in [-0.25, -0.2) is 0 Å². The van der Waals surface area contributed by atoms with Gasteiger partial charge in [0.05, 0.1) is 19.1 Å². The molecule has 1 aliphatic heterocycles. The normalized spacial score (nSPS) is 21.1. The maximum absolute atomic E-state index is 12.5. The van der Waals surface area contributed by atoms with E-state index < -0.39 is 0 Å². The molecule has 1 saturated heterocycles. The van der Waals surface area contributed by atoms with Gasteiger partial charge in [-0.3, -0.25) is 9.69 Å². The Morgan fingerprint density at radius 1 is 1.40 bits per heavy atom. The molecule has 1 aliphatic rings. The maximum Gasteiger partial charge on any atom is 0.223 e. The molecule has 1 amide bonds. The fraction of sp³-hybridized carbons (Fsp3) is 0.650. The van der Waals surface area contributed by atoms with Crippen LogP contribution >= 0.6 is 0 Å². The van der Waals surface area contributed by atoms with Crippen molar-refractivity contribution in [2.24, 2.45) is 11.7 Å². The Morgan fingerprint density at radius 2 is 2.12 bits per heavy atom. The molecule has 1 aromatic carbocycles. The highest BCUT2D eigenvalue weighted by atomic mass is 16.5. The fourth-order valence-corrected chi connectivity index (χ4v) is 3.57. The van der Waals surface area contributed by atoms with Crippen LogP contribution in [0.3, 0.4) is 0 Å². The monoisotopic (exact) mass is 347 g/mol. The van der Waals surface area contributed by atoms with Crippen LogP contribution in [-0.4, -0.2) is 48.7 Å². The van der Waals surface area contributed by atoms with Crippen molar-refractivity contribution < 1.29 is 9.53 Å². The van der Waals surface area contributed by atoms with Crippen molar-refractivity contribution in [3.63, 3.8) is 0 Å². The van der Waals surface area contributed by atoms with E-state index in [1.54, 1.807) is 0 Å². The van der Waals surface area contributed by atoms with E-state index in [1.807, 2.05) is 13.0 Å². The largest absolute Gasteiger partial charge is 0.375 e. The Kier molecular flexibility index (Phi) is 7.41. The van der Waals surface area contributed by atoms with E-state index in [9.17, 15) is 4.79 Å². The number of carbonyl (C=O) groups is 1. The van der Waals surface area contributed by atoms with E-state index in [-0.39, 0.29) is 17.6 Å². The number of benzene rings is 1. The van der Waals surface area contributed by atoms with Crippen molar-refractivity contribution in [1.82, 2.24) is 10.2 Å². The van der Waals surface area contributed by atoms with E-state index in [0.29, 0.717) is 25.5 Å². The summed E-state index contributed by atoms with van der Waals surface area (Å²) < 4.78 is 5.81. The number of carbonyl (C=O) groups excluding carboxylic acids is 1. The van der Waals surface area contributed by atoms with E-state index in [0.717, 1.165) is 26.1 Å². The standard InChI is InChI=1S/C20H33N3O2/c1-16(2)12-20(3,15-21)22-19(24)11-18-14-23(9-10-25-18)13-17-7-5-4-6-8-17/h4-8,16,18H,9-15,21H2,1-3H3,(H,22,24). The highest BCUT2D eigenvalue weighted by Crippen LogP contribution is 2.17. The topological polar surface area (TPSA) is 67.6 Å². The third-order valence-corrected chi connectivity index (χ3v) is 4.64. The lowest BCUT2D eigenvalue weighted by molar-refractivity contribution is -0.128. The van der Waals surface area contributed by atoms with Crippen LogP contribution in [0, 0.1) is 5.92 Å². The highest BCUT2D eigenvalue weighted by Gasteiger charge is 2.28. The Labute approximate surface area is 151 Å². The molecule has 3 N–H and O–H groups in total. The number of amides is 1. The van der Waals surface area contributed by atoms with Crippen molar-refractivity contribution in [1.29, 1.82) is 0 Å². The van der Waals surface area contributed by atoms with Crippen LogP contribution in [-0.2, 0) is 16.1 Å². The molecule has 0 aliphatic carbocycles. The maximum atomic E-state index is 12.5. The number of ether oxygens (including phenoxy) is 1. The molecule has 0 radical (unpaired) electrons. The third kappa shape index (κ3) is 6.77. The minimum absolute atomic E-state index is 0.0279. The first-order valence-electron chi connectivity index (χ1n) is 9.29. The first kappa shape index (κ1) is 19.9. The van der Waals surface area contributed by atoms with Gasteiger partial charge >= 0.3 is 0 Å². The molecule has 0 bridgehead atoms. The first-order chi connectivity index (χ1) is 11.9. The van der Waals surface area contributed by atoms with Crippen LogP contribution in [0.5, 0.6) is 0 Å². The summed E-state index contributed by atoms with van der Waals surface area (Å²) in [6, 6.07) is 10.4. The van der Waals surface area contributed by atoms with Gasteiger partial charge in [0.2, 0.25) is 5.91 Å². The highest BCUT2D eigenvalue weighted by molar-refractivity contribution is 5.77. The van der Waals surface area contributed by atoms with Crippen LogP contribution in [0.25, 0.3) is 0 Å². The molecule has 2 rings (SSSR count). The van der Waals surface area contributed by atoms with E-state index in [2.05, 4.69) is 48.3 Å². The van der Waals surface area contributed by atoms with Gasteiger partial charge in [-0.15, -0.1) is 0 Å². The molecule has 1 heterocycles. The lowest BCUT2D eigenvalue weighted by Gasteiger charge is -2.35. The van der Waals surface area contributed by atoms with Crippen LogP contribution in [0.4, 0.5) is 0 Å². The Bertz CT molecular complexity index is 535. The zero-order chi connectivity index (χ0) is 18.3. The number of nitrogens with one attached hydrogen (secondary N) is 1. The van der Waals surface area contributed by atoms with E-state index in [1.165, 1.54) is 5.56 Å². The average Bonchev–Trinajstić information content (AvgIpc) is 2.55. The van der Waals surface area contributed by atoms with Gasteiger partial charge in [-0.2, -0.15) is 0 Å². The molecule has 0 aromatic heterocycles. The molecule has 2 unspecified atom stereocenters. The molecular formula is C20H33N3O2. The number of nitrogens with two attached hydrogens (primary N) is 1. The van der Waals surface area contributed by atoms with Crippen molar-refractivity contribution in [2.45, 2.75) is 51.8 Å². The lowest BCUT2D eigenvalue weighted by Crippen LogP contribution is -2.53. The Morgan fingerprint density at radius 3 is 2.76 bits per heavy atom. The smallest absolute Gasteiger partial charge is 0.223 e. The van der Waals surface area contributed by atoms with Crippen molar-refractivity contribution in [3.8, 4) is 0 Å². The second-order valence-electron chi connectivity index (χ2n) is 7.83. The number of hydrogen-bond donors (Lipinski definition) is 2. The average molecular weight is 348 g/mol. The van der Waals surface area contributed by atoms with Crippen LogP contribution < -0.4 is 11.1 Å². The molecule has 0 saturated carbocycles. The van der Waals surface area contributed by atoms with Crippen molar-refractivity contribution >= 4 is 5.91 Å². The predicted molar refractivity (Wildman–Crippen MR) is 101 cm³/mol. The summed E-state index contributed by atoms with van der Waals surface area (Å²) in [7, 11) is 0. The van der Waals surface area contributed by atoms with Crippen LogP contribution in [0.1, 0.15) is 39.2 Å². The van der Waals surface area contributed by atoms with Crippen LogP contribution in [0.2, 0.25) is 0 Å². The predicted octanol–water partition coefficient (Wildman–Crippen LogP) is 2.16. The van der Waals surface area contributed by atoms with Gasteiger partial charge in [0.1, 0.15) is 0 Å². The SMILES string of the molecule is CC(C)CC(C)(CN)NC(=O)CC1CN(Cc2ccccc2)CCO1. The van der Waals surface area contributed by atoms with Gasteiger partial charge < -0.3 is 15.8 Å². The summed E-state index contributed by atoms with van der Waals surface area (Å²) in [4.78, 5) is 14.8. The van der Waals surface area contributed by atoms with Crippen molar-refractivity contribution in [2.75, 3.05) is 26.2 Å². The third-order valence-electron chi connectivity index (χ3n) is 4.64. The number of nitrogens with zero attached hydrogens (tertiary/aromatic N) is 1. The lowest BCUT2D eigenvalue weighted by atomic mass is 9.90. The summed E-state index contributed by atoms with van der Waals surface area (Å²) in [5.74, 6) is 0.515. The number of hydrogen-bond acceptors (Lipinski definition) is 4. The molecule has 5 heteroatoms. The summed E-state index contributed by atoms with van der Waals surface area (Å²) in [5.41, 5.74) is 6.84. The van der Waals surface area contributed by atoms with Crippen molar-refractivity contribution in [3.05, 3.63) is 35.9 Å². The zero-order valence-corrected chi connectivity index (χ0v) is 15.8. The summed E-state index contributed by atoms with van der Waals surface area (Å²) in [6.45, 7) is 10.0. The summed E-state index contributed by atoms with van der Waals surface area (Å²) in [5, 5.41) is 3.12. The van der Waals surface area contributed by atoms with E-state index in [4.69, 9.17) is 10.5 Å². The molecule has 1 aromatic rings. The fourth-order valence-electron chi connectivity index (χ4n) is 3.57. The minimum atomic E-state index is -0.344. The van der Waals surface area contributed by atoms with Gasteiger partial charge in [0.25, 0.3) is 0 Å². The van der Waals surface area contributed by atoms with Gasteiger partial charge in [-0.1, -0.05) is 44.2 Å². The Hall–Kier alpha value is -1.43.